The number of amides is 5. The van der Waals surface area contributed by atoms with Gasteiger partial charge in [0.25, 0.3) is 23.6 Å². The summed E-state index contributed by atoms with van der Waals surface area (Å²) >= 11 is 0. The van der Waals surface area contributed by atoms with E-state index in [4.69, 9.17) is 9.57 Å². The van der Waals surface area contributed by atoms with Crippen LogP contribution >= 0.6 is 0 Å². The standard InChI is InChI=1S/C22H31N3O8/c1-21(2,20(31)33-25-18(29)7-8-19(25)30)11-14-32-22(3,4)10-12-23-15(26)9-13-24-16(27)5-6-17(24)28/h5-6H,7-14H2,1-4H3,(H,23,26). The van der Waals surface area contributed by atoms with E-state index in [0.717, 1.165) is 4.90 Å². The molecule has 0 aromatic carbocycles. The first-order valence-corrected chi connectivity index (χ1v) is 10.8. The molecule has 0 radical (unpaired) electrons. The van der Waals surface area contributed by atoms with Crippen LogP contribution in [0.25, 0.3) is 0 Å². The summed E-state index contributed by atoms with van der Waals surface area (Å²) in [6.45, 7) is 7.55. The maximum absolute atomic E-state index is 12.4. The van der Waals surface area contributed by atoms with Crippen molar-refractivity contribution >= 4 is 35.5 Å². The maximum atomic E-state index is 12.4. The van der Waals surface area contributed by atoms with Crippen LogP contribution in [0.5, 0.6) is 0 Å². The molecule has 5 amide bonds. The fraction of sp³-hybridized carbons (Fsp3) is 0.636. The Morgan fingerprint density at radius 2 is 1.55 bits per heavy atom. The zero-order chi connectivity index (χ0) is 24.8. The highest BCUT2D eigenvalue weighted by atomic mass is 16.7. The number of carbonyl (C=O) groups excluding carboxylic acids is 6. The first-order valence-electron chi connectivity index (χ1n) is 10.8. The van der Waals surface area contributed by atoms with Crippen LogP contribution in [-0.2, 0) is 38.3 Å². The Hall–Kier alpha value is -3.08. The van der Waals surface area contributed by atoms with Crippen LogP contribution in [0.2, 0.25) is 0 Å². The lowest BCUT2D eigenvalue weighted by Gasteiger charge is -2.29. The van der Waals surface area contributed by atoms with E-state index in [1.807, 2.05) is 13.8 Å². The van der Waals surface area contributed by atoms with E-state index in [9.17, 15) is 28.8 Å². The van der Waals surface area contributed by atoms with Crippen molar-refractivity contribution in [2.75, 3.05) is 19.7 Å². The number of hydroxylamine groups is 2. The van der Waals surface area contributed by atoms with Crippen molar-refractivity contribution in [3.05, 3.63) is 12.2 Å². The average Bonchev–Trinajstić information content (AvgIpc) is 3.21. The quantitative estimate of drug-likeness (QED) is 0.414. The van der Waals surface area contributed by atoms with Gasteiger partial charge in [0.15, 0.2) is 0 Å². The molecule has 0 aliphatic carbocycles. The summed E-state index contributed by atoms with van der Waals surface area (Å²) in [5.41, 5.74) is -1.58. The minimum atomic E-state index is -0.979. The summed E-state index contributed by atoms with van der Waals surface area (Å²) in [6, 6.07) is 0. The molecule has 11 heteroatoms. The van der Waals surface area contributed by atoms with Crippen LogP contribution in [0.3, 0.4) is 0 Å². The van der Waals surface area contributed by atoms with E-state index in [1.165, 1.54) is 12.2 Å². The van der Waals surface area contributed by atoms with Gasteiger partial charge in [-0.05, 0) is 40.5 Å². The van der Waals surface area contributed by atoms with Gasteiger partial charge in [-0.25, -0.2) is 4.79 Å². The van der Waals surface area contributed by atoms with Crippen molar-refractivity contribution in [1.29, 1.82) is 0 Å². The average molecular weight is 466 g/mol. The molecular formula is C22H31N3O8. The SMILES string of the molecule is CC(C)(CCNC(=O)CCN1C(=O)C=CC1=O)OCCC(C)(C)C(=O)ON1C(=O)CCC1=O. The highest BCUT2D eigenvalue weighted by Gasteiger charge is 2.38. The predicted octanol–water partition coefficient (Wildman–Crippen LogP) is 0.627. The first kappa shape index (κ1) is 26.2. The largest absolute Gasteiger partial charge is 0.375 e. The summed E-state index contributed by atoms with van der Waals surface area (Å²) in [7, 11) is 0. The van der Waals surface area contributed by atoms with E-state index in [2.05, 4.69) is 5.32 Å². The van der Waals surface area contributed by atoms with Crippen molar-refractivity contribution in [1.82, 2.24) is 15.3 Å². The Morgan fingerprint density at radius 3 is 2.12 bits per heavy atom. The number of hydrogen-bond acceptors (Lipinski definition) is 8. The number of carbonyl (C=O) groups is 6. The van der Waals surface area contributed by atoms with E-state index < -0.39 is 40.6 Å². The second-order valence-corrected chi connectivity index (χ2v) is 9.21. The molecule has 0 spiro atoms. The molecule has 2 aliphatic heterocycles. The highest BCUT2D eigenvalue weighted by Crippen LogP contribution is 2.26. The molecular weight excluding hydrogens is 434 g/mol. The van der Waals surface area contributed by atoms with Crippen LogP contribution in [0.1, 0.15) is 59.8 Å². The second-order valence-electron chi connectivity index (χ2n) is 9.21. The second kappa shape index (κ2) is 10.7. The number of rotatable bonds is 12. The first-order chi connectivity index (χ1) is 15.3. The molecule has 2 aliphatic rings. The Morgan fingerprint density at radius 1 is 0.970 bits per heavy atom. The van der Waals surface area contributed by atoms with Crippen LogP contribution in [0.4, 0.5) is 0 Å². The number of imide groups is 2. The monoisotopic (exact) mass is 465 g/mol. The molecule has 182 valence electrons. The molecule has 1 N–H and O–H groups in total. The van der Waals surface area contributed by atoms with Crippen LogP contribution in [0.15, 0.2) is 12.2 Å². The van der Waals surface area contributed by atoms with E-state index >= 15 is 0 Å². The summed E-state index contributed by atoms with van der Waals surface area (Å²) < 4.78 is 5.87. The third kappa shape index (κ3) is 7.48. The lowest BCUT2D eigenvalue weighted by molar-refractivity contribution is -0.205. The van der Waals surface area contributed by atoms with Gasteiger partial charge in [-0.1, -0.05) is 0 Å². The molecule has 0 atom stereocenters. The normalized spacial score (nSPS) is 16.7. The Balaban J connectivity index is 1.67. The van der Waals surface area contributed by atoms with Gasteiger partial charge < -0.3 is 14.9 Å². The summed E-state index contributed by atoms with van der Waals surface area (Å²) in [6.07, 6.45) is 3.21. The van der Waals surface area contributed by atoms with Gasteiger partial charge in [0.2, 0.25) is 5.91 Å². The maximum Gasteiger partial charge on any atom is 0.338 e. The van der Waals surface area contributed by atoms with Crippen molar-refractivity contribution in [2.24, 2.45) is 5.41 Å². The smallest absolute Gasteiger partial charge is 0.338 e. The van der Waals surface area contributed by atoms with Crippen LogP contribution in [0, 0.1) is 5.41 Å². The molecule has 33 heavy (non-hydrogen) atoms. The Kier molecular flexibility index (Phi) is 8.48. The van der Waals surface area contributed by atoms with Crippen molar-refractivity contribution in [3.63, 3.8) is 0 Å². The zero-order valence-electron chi connectivity index (χ0n) is 19.5. The number of nitrogens with one attached hydrogen (secondary N) is 1. The molecule has 1 fully saturated rings. The zero-order valence-corrected chi connectivity index (χ0v) is 19.5. The minimum Gasteiger partial charge on any atom is -0.375 e. The summed E-state index contributed by atoms with van der Waals surface area (Å²) in [5, 5.41) is 3.27. The molecule has 2 heterocycles. The molecule has 11 nitrogen and oxygen atoms in total. The van der Waals surface area contributed by atoms with Crippen LogP contribution in [-0.4, -0.2) is 70.8 Å². The van der Waals surface area contributed by atoms with E-state index in [-0.39, 0.29) is 38.3 Å². The number of hydrogen-bond donors (Lipinski definition) is 1. The van der Waals surface area contributed by atoms with Gasteiger partial charge in [0.1, 0.15) is 0 Å². The molecule has 2 rings (SSSR count). The molecule has 1 saturated heterocycles. The van der Waals surface area contributed by atoms with Gasteiger partial charge >= 0.3 is 5.97 Å². The van der Waals surface area contributed by atoms with E-state index in [1.54, 1.807) is 13.8 Å². The third-order valence-corrected chi connectivity index (χ3v) is 5.46. The lowest BCUT2D eigenvalue weighted by Crippen LogP contribution is -2.39. The van der Waals surface area contributed by atoms with Crippen molar-refractivity contribution < 1.29 is 38.3 Å². The molecule has 0 unspecified atom stereocenters. The highest BCUT2D eigenvalue weighted by molar-refractivity contribution is 6.13. The summed E-state index contributed by atoms with van der Waals surface area (Å²) in [4.78, 5) is 76.6. The third-order valence-electron chi connectivity index (χ3n) is 5.46. The number of ether oxygens (including phenoxy) is 1. The lowest BCUT2D eigenvalue weighted by atomic mass is 9.90. The topological polar surface area (TPSA) is 139 Å². The fourth-order valence-electron chi connectivity index (χ4n) is 3.08. The number of nitrogens with zero attached hydrogens (tertiary/aromatic N) is 2. The molecule has 0 bridgehead atoms. The van der Waals surface area contributed by atoms with E-state index in [0.29, 0.717) is 24.4 Å². The minimum absolute atomic E-state index is 0.0127. The molecule has 0 aromatic rings. The van der Waals surface area contributed by atoms with Gasteiger partial charge in [0.05, 0.1) is 11.0 Å². The Labute approximate surface area is 192 Å². The van der Waals surface area contributed by atoms with Gasteiger partial charge in [-0.2, -0.15) is 0 Å². The van der Waals surface area contributed by atoms with Crippen LogP contribution < -0.4 is 5.32 Å². The molecule has 0 aromatic heterocycles. The Bertz CT molecular complexity index is 828. The fourth-order valence-corrected chi connectivity index (χ4v) is 3.08. The van der Waals surface area contributed by atoms with Crippen molar-refractivity contribution in [3.8, 4) is 0 Å². The molecule has 0 saturated carbocycles. The van der Waals surface area contributed by atoms with Gasteiger partial charge in [-0.3, -0.25) is 28.9 Å². The van der Waals surface area contributed by atoms with Crippen molar-refractivity contribution in [2.45, 2.75) is 65.4 Å². The predicted molar refractivity (Wildman–Crippen MR) is 114 cm³/mol. The van der Waals surface area contributed by atoms with Gasteiger partial charge in [-0.15, -0.1) is 5.06 Å². The summed E-state index contributed by atoms with van der Waals surface area (Å²) in [5.74, 6) is -2.88. The van der Waals surface area contributed by atoms with Gasteiger partial charge in [0, 0.05) is 51.1 Å².